The van der Waals surface area contributed by atoms with Gasteiger partial charge in [-0.3, -0.25) is 4.79 Å². The van der Waals surface area contributed by atoms with Gasteiger partial charge < -0.3 is 15.7 Å². The molecule has 0 saturated heterocycles. The highest BCUT2D eigenvalue weighted by Crippen LogP contribution is 2.43. The van der Waals surface area contributed by atoms with Crippen molar-refractivity contribution in [3.05, 3.63) is 28.2 Å². The van der Waals surface area contributed by atoms with Gasteiger partial charge in [-0.2, -0.15) is 0 Å². The number of carboxylic acid groups (broad SMARTS) is 1. The molecule has 3 N–H and O–H groups in total. The van der Waals surface area contributed by atoms with Crippen molar-refractivity contribution in [1.29, 1.82) is 0 Å². The number of aliphatic carboxylic acids is 1. The van der Waals surface area contributed by atoms with Crippen LogP contribution in [0.5, 0.6) is 0 Å². The van der Waals surface area contributed by atoms with E-state index in [2.05, 4.69) is 26.6 Å². The van der Waals surface area contributed by atoms with Crippen LogP contribution in [-0.4, -0.2) is 23.7 Å². The summed E-state index contributed by atoms with van der Waals surface area (Å²) in [5.74, 6) is -0.806. The third-order valence-electron chi connectivity index (χ3n) is 4.01. The van der Waals surface area contributed by atoms with E-state index in [4.69, 9.17) is 5.11 Å². The second-order valence-electron chi connectivity index (χ2n) is 5.69. The maximum atomic E-state index is 12.0. The van der Waals surface area contributed by atoms with Crippen LogP contribution in [0.1, 0.15) is 31.2 Å². The topological polar surface area (TPSA) is 78.4 Å². The standard InChI is InChI=1S/C15H19BrN2O3/c1-10-3-4-11(16)7-12(10)18-14(21)17-9-15(5-2-6-15)8-13(19)20/h3-4,7H,2,5-6,8-9H2,1H3,(H,19,20)(H2,17,18,21). The summed E-state index contributed by atoms with van der Waals surface area (Å²) in [4.78, 5) is 22.9. The van der Waals surface area contributed by atoms with Crippen LogP contribution in [0.15, 0.2) is 22.7 Å². The van der Waals surface area contributed by atoms with Gasteiger partial charge in [-0.05, 0) is 42.9 Å². The van der Waals surface area contributed by atoms with E-state index in [1.54, 1.807) is 0 Å². The molecule has 2 rings (SSSR count). The van der Waals surface area contributed by atoms with Gasteiger partial charge in [0.15, 0.2) is 0 Å². The molecule has 0 radical (unpaired) electrons. The zero-order valence-corrected chi connectivity index (χ0v) is 13.5. The molecule has 0 aromatic heterocycles. The van der Waals surface area contributed by atoms with E-state index in [1.807, 2.05) is 25.1 Å². The number of rotatable bonds is 5. The van der Waals surface area contributed by atoms with Gasteiger partial charge in [0.05, 0.1) is 6.42 Å². The Bertz CT molecular complexity index is 556. The third kappa shape index (κ3) is 4.20. The van der Waals surface area contributed by atoms with Crippen LogP contribution in [0, 0.1) is 12.3 Å². The zero-order chi connectivity index (χ0) is 15.5. The Hall–Kier alpha value is -1.56. The molecule has 0 bridgehead atoms. The number of halogens is 1. The van der Waals surface area contributed by atoms with Gasteiger partial charge in [0.25, 0.3) is 0 Å². The molecule has 1 saturated carbocycles. The molecule has 1 aromatic carbocycles. The first kappa shape index (κ1) is 15.8. The number of carbonyl (C=O) groups is 2. The minimum absolute atomic E-state index is 0.114. The number of carboxylic acids is 1. The Morgan fingerprint density at radius 2 is 2.10 bits per heavy atom. The molecule has 0 unspecified atom stereocenters. The van der Waals surface area contributed by atoms with Gasteiger partial charge >= 0.3 is 12.0 Å². The van der Waals surface area contributed by atoms with Crippen molar-refractivity contribution in [2.45, 2.75) is 32.6 Å². The summed E-state index contributed by atoms with van der Waals surface area (Å²) in [6, 6.07) is 5.37. The fourth-order valence-corrected chi connectivity index (χ4v) is 2.94. The maximum Gasteiger partial charge on any atom is 0.319 e. The second-order valence-corrected chi connectivity index (χ2v) is 6.61. The van der Waals surface area contributed by atoms with E-state index in [9.17, 15) is 9.59 Å². The molecular weight excluding hydrogens is 336 g/mol. The van der Waals surface area contributed by atoms with Crippen LogP contribution in [0.4, 0.5) is 10.5 Å². The molecular formula is C15H19BrN2O3. The highest BCUT2D eigenvalue weighted by molar-refractivity contribution is 9.10. The number of benzene rings is 1. The summed E-state index contributed by atoms with van der Waals surface area (Å²) >= 11 is 3.37. The maximum absolute atomic E-state index is 12.0. The number of hydrogen-bond donors (Lipinski definition) is 3. The smallest absolute Gasteiger partial charge is 0.319 e. The number of hydrogen-bond acceptors (Lipinski definition) is 2. The van der Waals surface area contributed by atoms with E-state index in [-0.39, 0.29) is 17.9 Å². The fourth-order valence-electron chi connectivity index (χ4n) is 2.58. The lowest BCUT2D eigenvalue weighted by molar-refractivity contribution is -0.141. The summed E-state index contributed by atoms with van der Waals surface area (Å²) in [6.07, 6.45) is 2.86. The predicted octanol–water partition coefficient (Wildman–Crippen LogP) is 3.52. The zero-order valence-electron chi connectivity index (χ0n) is 11.9. The van der Waals surface area contributed by atoms with Crippen LogP contribution in [0.25, 0.3) is 0 Å². The number of nitrogens with one attached hydrogen (secondary N) is 2. The van der Waals surface area contributed by atoms with Crippen LogP contribution < -0.4 is 10.6 Å². The molecule has 2 amide bonds. The Balaban J connectivity index is 1.90. The Kier molecular flexibility index (Phi) is 4.88. The molecule has 21 heavy (non-hydrogen) atoms. The van der Waals surface area contributed by atoms with Gasteiger partial charge in [0.2, 0.25) is 0 Å². The average Bonchev–Trinajstić information content (AvgIpc) is 2.36. The molecule has 1 fully saturated rings. The molecule has 0 aliphatic heterocycles. The summed E-state index contributed by atoms with van der Waals surface area (Å²) < 4.78 is 0.893. The van der Waals surface area contributed by atoms with E-state index in [0.717, 1.165) is 35.0 Å². The second kappa shape index (κ2) is 6.47. The lowest BCUT2D eigenvalue weighted by Gasteiger charge is -2.40. The molecule has 5 nitrogen and oxygen atoms in total. The number of urea groups is 1. The van der Waals surface area contributed by atoms with E-state index >= 15 is 0 Å². The van der Waals surface area contributed by atoms with Crippen molar-refractivity contribution < 1.29 is 14.7 Å². The van der Waals surface area contributed by atoms with Gasteiger partial charge in [0, 0.05) is 16.7 Å². The molecule has 0 heterocycles. The predicted molar refractivity (Wildman–Crippen MR) is 84.4 cm³/mol. The van der Waals surface area contributed by atoms with E-state index in [1.165, 1.54) is 0 Å². The minimum Gasteiger partial charge on any atom is -0.481 e. The third-order valence-corrected chi connectivity index (χ3v) is 4.51. The monoisotopic (exact) mass is 354 g/mol. The van der Waals surface area contributed by atoms with Crippen LogP contribution in [0.2, 0.25) is 0 Å². The minimum atomic E-state index is -0.806. The molecule has 6 heteroatoms. The summed E-state index contributed by atoms with van der Waals surface area (Å²) in [6.45, 7) is 2.32. The summed E-state index contributed by atoms with van der Waals surface area (Å²) in [7, 11) is 0. The first-order valence-corrected chi connectivity index (χ1v) is 7.72. The van der Waals surface area contributed by atoms with Gasteiger partial charge in [-0.1, -0.05) is 28.4 Å². The van der Waals surface area contributed by atoms with Gasteiger partial charge in [-0.15, -0.1) is 0 Å². The largest absolute Gasteiger partial charge is 0.481 e. The summed E-state index contributed by atoms with van der Waals surface area (Å²) in [5.41, 5.74) is 1.44. The average molecular weight is 355 g/mol. The molecule has 1 aromatic rings. The number of anilines is 1. The van der Waals surface area contributed by atoms with Crippen molar-refractivity contribution in [2.75, 3.05) is 11.9 Å². The lowest BCUT2D eigenvalue weighted by Crippen LogP contribution is -2.44. The van der Waals surface area contributed by atoms with Crippen molar-refractivity contribution >= 4 is 33.6 Å². The number of aryl methyl sites for hydroxylation is 1. The molecule has 1 aliphatic rings. The van der Waals surface area contributed by atoms with Gasteiger partial charge in [-0.25, -0.2) is 4.79 Å². The Labute approximate surface area is 132 Å². The normalized spacial score (nSPS) is 15.9. The highest BCUT2D eigenvalue weighted by atomic mass is 79.9. The van der Waals surface area contributed by atoms with E-state index in [0.29, 0.717) is 6.54 Å². The lowest BCUT2D eigenvalue weighted by atomic mass is 9.66. The first-order chi connectivity index (χ1) is 9.90. The van der Waals surface area contributed by atoms with Crippen molar-refractivity contribution in [3.8, 4) is 0 Å². The van der Waals surface area contributed by atoms with E-state index < -0.39 is 5.97 Å². The van der Waals surface area contributed by atoms with Crippen molar-refractivity contribution in [1.82, 2.24) is 5.32 Å². The first-order valence-electron chi connectivity index (χ1n) is 6.93. The number of carbonyl (C=O) groups excluding carboxylic acids is 1. The quantitative estimate of drug-likeness (QED) is 0.756. The fraction of sp³-hybridized carbons (Fsp3) is 0.467. The number of amides is 2. The Morgan fingerprint density at radius 3 is 2.67 bits per heavy atom. The summed E-state index contributed by atoms with van der Waals surface area (Å²) in [5, 5.41) is 14.5. The highest BCUT2D eigenvalue weighted by Gasteiger charge is 2.39. The van der Waals surface area contributed by atoms with Crippen LogP contribution in [0.3, 0.4) is 0 Å². The molecule has 0 spiro atoms. The van der Waals surface area contributed by atoms with Gasteiger partial charge in [0.1, 0.15) is 0 Å². The Morgan fingerprint density at radius 1 is 1.38 bits per heavy atom. The SMILES string of the molecule is Cc1ccc(Br)cc1NC(=O)NCC1(CC(=O)O)CCC1. The van der Waals surface area contributed by atoms with Crippen LogP contribution in [-0.2, 0) is 4.79 Å². The molecule has 1 aliphatic carbocycles. The van der Waals surface area contributed by atoms with Crippen LogP contribution >= 0.6 is 15.9 Å². The van der Waals surface area contributed by atoms with Crippen molar-refractivity contribution in [3.63, 3.8) is 0 Å². The molecule has 114 valence electrons. The van der Waals surface area contributed by atoms with Crippen molar-refractivity contribution in [2.24, 2.45) is 5.41 Å². The molecule has 0 atom stereocenters.